The van der Waals surface area contributed by atoms with E-state index >= 15 is 0 Å². The van der Waals surface area contributed by atoms with Crippen LogP contribution in [-0.4, -0.2) is 12.4 Å². The van der Waals surface area contributed by atoms with E-state index in [1.54, 1.807) is 24.4 Å². The number of anilines is 1. The van der Waals surface area contributed by atoms with E-state index < -0.39 is 0 Å². The van der Waals surface area contributed by atoms with Crippen molar-refractivity contribution in [1.82, 2.24) is 4.57 Å². The van der Waals surface area contributed by atoms with Gasteiger partial charge in [0, 0.05) is 18.4 Å². The molecular weight excluding hydrogens is 302 g/mol. The molecule has 0 spiro atoms. The van der Waals surface area contributed by atoms with Crippen LogP contribution in [0.15, 0.2) is 71.7 Å². The molecule has 24 heavy (non-hydrogen) atoms. The molecule has 118 valence electrons. The number of nitrogens with zero attached hydrogens (tertiary/aromatic N) is 1. The van der Waals surface area contributed by atoms with Gasteiger partial charge in [-0.1, -0.05) is 42.5 Å². The topological polar surface area (TPSA) is 34.0 Å². The van der Waals surface area contributed by atoms with Crippen LogP contribution in [0.3, 0.4) is 0 Å². The summed E-state index contributed by atoms with van der Waals surface area (Å²) in [6, 6.07) is 17.8. The van der Waals surface area contributed by atoms with Gasteiger partial charge >= 0.3 is 0 Å². The van der Waals surface area contributed by atoms with Crippen molar-refractivity contribution in [2.45, 2.75) is 13.1 Å². The molecule has 0 aliphatic heterocycles. The maximum Gasteiger partial charge on any atom is 0.245 e. The molecule has 0 atom stereocenters. The summed E-state index contributed by atoms with van der Waals surface area (Å²) < 4.78 is 14.7. The molecule has 3 rings (SSSR count). The Morgan fingerprint density at radius 1 is 1.00 bits per heavy atom. The summed E-state index contributed by atoms with van der Waals surface area (Å²) in [7, 11) is 5.96. The van der Waals surface area contributed by atoms with E-state index in [-0.39, 0.29) is 23.4 Å². The lowest BCUT2D eigenvalue weighted by Crippen LogP contribution is -2.36. The number of aromatic nitrogens is 1. The molecular formula is C19H16BFN2O. The molecule has 0 saturated carbocycles. The van der Waals surface area contributed by atoms with Crippen molar-refractivity contribution in [3.8, 4) is 0 Å². The summed E-state index contributed by atoms with van der Waals surface area (Å²) in [6.07, 6.45) is 1.66. The minimum atomic E-state index is -0.324. The highest BCUT2D eigenvalue weighted by molar-refractivity contribution is 6.35. The largest absolute Gasteiger partial charge is 0.381 e. The van der Waals surface area contributed by atoms with Gasteiger partial charge in [-0.05, 0) is 34.8 Å². The number of nitrogens with one attached hydrogen (secondary N) is 1. The molecule has 3 nitrogen and oxygen atoms in total. The van der Waals surface area contributed by atoms with Crippen molar-refractivity contribution < 1.29 is 4.39 Å². The third-order valence-electron chi connectivity index (χ3n) is 3.77. The Kier molecular flexibility index (Phi) is 4.80. The Labute approximate surface area is 141 Å². The molecule has 0 bridgehead atoms. The summed E-state index contributed by atoms with van der Waals surface area (Å²) in [5.74, 6) is -0.324. The standard InChI is InChI=1S/C19H16BFN2O/c20-18-17(22-12-14-5-2-1-3-6-14)9-10-23(19(18)24)13-15-7-4-8-16(21)11-15/h1-11,22H,12-13H2. The number of benzene rings is 2. The molecule has 0 aliphatic rings. The predicted octanol–water partition coefficient (Wildman–Crippen LogP) is 2.44. The molecule has 5 heteroatoms. The zero-order chi connectivity index (χ0) is 16.9. The first-order chi connectivity index (χ1) is 11.6. The normalized spacial score (nSPS) is 10.5. The van der Waals surface area contributed by atoms with E-state index in [1.165, 1.54) is 16.7 Å². The Morgan fingerprint density at radius 3 is 2.50 bits per heavy atom. The van der Waals surface area contributed by atoms with Gasteiger partial charge in [0.25, 0.3) is 0 Å². The van der Waals surface area contributed by atoms with Crippen LogP contribution in [0.5, 0.6) is 0 Å². The number of hydrogen-bond acceptors (Lipinski definition) is 2. The first-order valence-corrected chi connectivity index (χ1v) is 7.64. The molecule has 0 unspecified atom stereocenters. The molecule has 3 aromatic rings. The summed E-state index contributed by atoms with van der Waals surface area (Å²) in [5.41, 5.74) is 2.27. The first-order valence-electron chi connectivity index (χ1n) is 7.64. The summed E-state index contributed by atoms with van der Waals surface area (Å²) in [5, 5.41) is 3.17. The third kappa shape index (κ3) is 3.74. The summed E-state index contributed by atoms with van der Waals surface area (Å²) >= 11 is 0. The summed E-state index contributed by atoms with van der Waals surface area (Å²) in [6.45, 7) is 0.859. The van der Waals surface area contributed by atoms with Gasteiger partial charge in [0.15, 0.2) is 0 Å². The van der Waals surface area contributed by atoms with Crippen LogP contribution in [0.4, 0.5) is 10.1 Å². The minimum Gasteiger partial charge on any atom is -0.381 e. The van der Waals surface area contributed by atoms with Gasteiger partial charge in [0.05, 0.1) is 6.54 Å². The van der Waals surface area contributed by atoms with Gasteiger partial charge in [0.1, 0.15) is 13.7 Å². The molecule has 1 aromatic heterocycles. The second-order valence-electron chi connectivity index (χ2n) is 5.55. The van der Waals surface area contributed by atoms with Gasteiger partial charge in [0.2, 0.25) is 5.56 Å². The lowest BCUT2D eigenvalue weighted by molar-refractivity contribution is 0.623. The Morgan fingerprint density at radius 2 is 1.75 bits per heavy atom. The Hall–Kier alpha value is -2.82. The number of halogens is 1. The number of pyridine rings is 1. The van der Waals surface area contributed by atoms with Crippen LogP contribution in [0, 0.1) is 5.82 Å². The quantitative estimate of drug-likeness (QED) is 0.733. The molecule has 2 radical (unpaired) electrons. The van der Waals surface area contributed by atoms with Gasteiger partial charge in [-0.15, -0.1) is 0 Å². The number of hydrogen-bond donors (Lipinski definition) is 1. The van der Waals surface area contributed by atoms with Crippen molar-refractivity contribution in [3.63, 3.8) is 0 Å². The fraction of sp³-hybridized carbons (Fsp3) is 0.105. The van der Waals surface area contributed by atoms with E-state index in [4.69, 9.17) is 7.85 Å². The van der Waals surface area contributed by atoms with Gasteiger partial charge in [-0.3, -0.25) is 4.79 Å². The second-order valence-corrected chi connectivity index (χ2v) is 5.55. The Bertz CT molecular complexity index is 893. The SMILES string of the molecule is [B]c1c(NCc2ccccc2)ccn(Cc2cccc(F)c2)c1=O. The van der Waals surface area contributed by atoms with Crippen LogP contribution in [-0.2, 0) is 13.1 Å². The zero-order valence-corrected chi connectivity index (χ0v) is 13.1. The fourth-order valence-electron chi connectivity index (χ4n) is 2.50. The van der Waals surface area contributed by atoms with Crippen molar-refractivity contribution in [2.24, 2.45) is 0 Å². The van der Waals surface area contributed by atoms with Gasteiger partial charge in [-0.2, -0.15) is 0 Å². The average molecular weight is 318 g/mol. The molecule has 0 fully saturated rings. The maximum absolute atomic E-state index is 13.3. The van der Waals surface area contributed by atoms with Gasteiger partial charge < -0.3 is 9.88 Å². The highest BCUT2D eigenvalue weighted by Crippen LogP contribution is 2.07. The molecule has 0 aliphatic carbocycles. The zero-order valence-electron chi connectivity index (χ0n) is 13.1. The van der Waals surface area contributed by atoms with E-state index in [2.05, 4.69) is 5.32 Å². The van der Waals surface area contributed by atoms with Gasteiger partial charge in [-0.25, -0.2) is 4.39 Å². The highest BCUT2D eigenvalue weighted by Gasteiger charge is 2.06. The fourth-order valence-corrected chi connectivity index (χ4v) is 2.50. The van der Waals surface area contributed by atoms with Crippen LogP contribution in [0.2, 0.25) is 0 Å². The molecule has 2 aromatic carbocycles. The second kappa shape index (κ2) is 7.17. The third-order valence-corrected chi connectivity index (χ3v) is 3.77. The van der Waals surface area contributed by atoms with E-state index in [0.717, 1.165) is 5.56 Å². The smallest absolute Gasteiger partial charge is 0.245 e. The van der Waals surface area contributed by atoms with E-state index in [9.17, 15) is 9.18 Å². The molecule has 1 N–H and O–H groups in total. The van der Waals surface area contributed by atoms with E-state index in [0.29, 0.717) is 17.8 Å². The van der Waals surface area contributed by atoms with Crippen LogP contribution < -0.4 is 16.3 Å². The minimum absolute atomic E-state index is 0.157. The van der Waals surface area contributed by atoms with Crippen LogP contribution in [0.1, 0.15) is 11.1 Å². The van der Waals surface area contributed by atoms with Crippen LogP contribution in [0.25, 0.3) is 0 Å². The molecule has 0 saturated heterocycles. The molecule has 0 amide bonds. The summed E-state index contributed by atoms with van der Waals surface area (Å²) in [4.78, 5) is 12.4. The average Bonchev–Trinajstić information content (AvgIpc) is 2.59. The molecule has 1 heterocycles. The monoisotopic (exact) mass is 318 g/mol. The Balaban J connectivity index is 1.77. The van der Waals surface area contributed by atoms with Crippen molar-refractivity contribution >= 4 is 19.0 Å². The highest BCUT2D eigenvalue weighted by atomic mass is 19.1. The maximum atomic E-state index is 13.3. The van der Waals surface area contributed by atoms with Crippen LogP contribution >= 0.6 is 0 Å². The van der Waals surface area contributed by atoms with Crippen molar-refractivity contribution in [1.29, 1.82) is 0 Å². The van der Waals surface area contributed by atoms with Crippen molar-refractivity contribution in [2.75, 3.05) is 5.32 Å². The lowest BCUT2D eigenvalue weighted by Gasteiger charge is -2.13. The number of rotatable bonds is 5. The lowest BCUT2D eigenvalue weighted by atomic mass is 9.95. The predicted molar refractivity (Wildman–Crippen MR) is 95.4 cm³/mol. The first kappa shape index (κ1) is 16.1. The van der Waals surface area contributed by atoms with Crippen molar-refractivity contribution in [3.05, 3.63) is 94.2 Å². The van der Waals surface area contributed by atoms with E-state index in [1.807, 2.05) is 30.3 Å².